The summed E-state index contributed by atoms with van der Waals surface area (Å²) in [5.74, 6) is -2.59. The third-order valence-electron chi connectivity index (χ3n) is 2.68. The molecule has 20 heavy (non-hydrogen) atoms. The molecule has 1 aromatic rings. The number of nitrogens with zero attached hydrogens (tertiary/aromatic N) is 2. The van der Waals surface area contributed by atoms with Gasteiger partial charge in [-0.05, 0) is 12.5 Å². The Morgan fingerprint density at radius 1 is 1.60 bits per heavy atom. The third kappa shape index (κ3) is 3.31. The van der Waals surface area contributed by atoms with Crippen molar-refractivity contribution >= 4 is 17.3 Å². The van der Waals surface area contributed by atoms with Gasteiger partial charge in [0, 0.05) is 13.1 Å². The minimum atomic E-state index is -1.46. The van der Waals surface area contributed by atoms with Gasteiger partial charge in [0.15, 0.2) is 0 Å². The lowest BCUT2D eigenvalue weighted by Crippen LogP contribution is -2.25. The van der Waals surface area contributed by atoms with Crippen molar-refractivity contribution in [2.45, 2.75) is 13.3 Å². The summed E-state index contributed by atoms with van der Waals surface area (Å²) in [4.78, 5) is 22.8. The number of nitro groups is 1. The summed E-state index contributed by atoms with van der Waals surface area (Å²) in [5, 5.41) is 19.9. The molecule has 1 N–H and O–H groups in total. The number of nitro benzene ring substituents is 1. The van der Waals surface area contributed by atoms with E-state index in [0.717, 1.165) is 6.07 Å². The molecule has 0 aliphatic heterocycles. The number of benzene rings is 1. The minimum absolute atomic E-state index is 0.0792. The predicted octanol–water partition coefficient (Wildman–Crippen LogP) is 2.83. The van der Waals surface area contributed by atoms with Crippen molar-refractivity contribution in [3.05, 3.63) is 46.3 Å². The molecular formula is C13H15FN2O4. The summed E-state index contributed by atoms with van der Waals surface area (Å²) in [6, 6.07) is 1.64. The quantitative estimate of drug-likeness (QED) is 0.472. The van der Waals surface area contributed by atoms with E-state index in [0.29, 0.717) is 25.6 Å². The summed E-state index contributed by atoms with van der Waals surface area (Å²) in [6.07, 6.45) is 2.24. The number of hydrogen-bond acceptors (Lipinski definition) is 4. The van der Waals surface area contributed by atoms with E-state index in [1.807, 2.05) is 6.92 Å². The van der Waals surface area contributed by atoms with Crippen molar-refractivity contribution in [2.24, 2.45) is 0 Å². The molecule has 0 radical (unpaired) electrons. The van der Waals surface area contributed by atoms with Crippen molar-refractivity contribution in [3.8, 4) is 0 Å². The third-order valence-corrected chi connectivity index (χ3v) is 2.68. The van der Waals surface area contributed by atoms with E-state index in [9.17, 15) is 19.3 Å². The molecule has 0 heterocycles. The highest BCUT2D eigenvalue weighted by Crippen LogP contribution is 2.31. The van der Waals surface area contributed by atoms with Crippen LogP contribution in [0, 0.1) is 15.9 Å². The van der Waals surface area contributed by atoms with E-state index in [1.165, 1.54) is 0 Å². The molecule has 0 bridgehead atoms. The van der Waals surface area contributed by atoms with E-state index in [4.69, 9.17) is 5.11 Å². The van der Waals surface area contributed by atoms with Crippen LogP contribution in [-0.2, 0) is 0 Å². The van der Waals surface area contributed by atoms with Crippen LogP contribution in [0.2, 0.25) is 0 Å². The van der Waals surface area contributed by atoms with E-state index in [2.05, 4.69) is 6.58 Å². The lowest BCUT2D eigenvalue weighted by molar-refractivity contribution is -0.384. The first-order chi connectivity index (χ1) is 9.42. The molecule has 0 saturated carbocycles. The van der Waals surface area contributed by atoms with Gasteiger partial charge in [-0.2, -0.15) is 0 Å². The highest BCUT2D eigenvalue weighted by atomic mass is 19.1. The molecule has 0 fully saturated rings. The molecule has 1 aromatic carbocycles. The topological polar surface area (TPSA) is 83.7 Å². The standard InChI is InChI=1S/C13H15FN2O4/c1-3-5-15(6-4-2)11-7-9(13(17)18)10(14)8-12(11)16(19)20/h3,7-8H,1,4-6H2,2H3,(H,17,18). The van der Waals surface area contributed by atoms with E-state index in [1.54, 1.807) is 11.0 Å². The Balaban J connectivity index is 3.45. The van der Waals surface area contributed by atoms with Gasteiger partial charge in [0.1, 0.15) is 11.5 Å². The summed E-state index contributed by atoms with van der Waals surface area (Å²) in [6.45, 7) is 6.21. The fraction of sp³-hybridized carbons (Fsp3) is 0.308. The number of hydrogen-bond donors (Lipinski definition) is 1. The number of anilines is 1. The molecule has 0 aliphatic carbocycles. The van der Waals surface area contributed by atoms with Gasteiger partial charge < -0.3 is 10.0 Å². The molecule has 0 saturated heterocycles. The van der Waals surface area contributed by atoms with E-state index >= 15 is 0 Å². The van der Waals surface area contributed by atoms with Crippen molar-refractivity contribution < 1.29 is 19.2 Å². The Bertz CT molecular complexity index is 545. The summed E-state index contributed by atoms with van der Waals surface area (Å²) < 4.78 is 13.6. The fourth-order valence-corrected chi connectivity index (χ4v) is 1.85. The second kappa shape index (κ2) is 6.65. The Hall–Kier alpha value is -2.44. The SMILES string of the molecule is C=CCN(CCC)c1cc(C(=O)O)c(F)cc1[N+](=O)[O-]. The largest absolute Gasteiger partial charge is 0.478 e. The zero-order valence-corrected chi connectivity index (χ0v) is 11.0. The van der Waals surface area contributed by atoms with Crippen LogP contribution in [0.15, 0.2) is 24.8 Å². The molecule has 0 amide bonds. The summed E-state index contributed by atoms with van der Waals surface area (Å²) >= 11 is 0. The zero-order valence-electron chi connectivity index (χ0n) is 11.0. The van der Waals surface area contributed by atoms with Crippen molar-refractivity contribution in [2.75, 3.05) is 18.0 Å². The first-order valence-corrected chi connectivity index (χ1v) is 5.99. The highest BCUT2D eigenvalue weighted by molar-refractivity contribution is 5.90. The lowest BCUT2D eigenvalue weighted by Gasteiger charge is -2.22. The van der Waals surface area contributed by atoms with Gasteiger partial charge in [-0.3, -0.25) is 10.1 Å². The molecule has 0 aliphatic rings. The van der Waals surface area contributed by atoms with Gasteiger partial charge in [-0.1, -0.05) is 13.0 Å². The van der Waals surface area contributed by atoms with Crippen LogP contribution in [0.3, 0.4) is 0 Å². The fourth-order valence-electron chi connectivity index (χ4n) is 1.85. The van der Waals surface area contributed by atoms with Crippen LogP contribution in [-0.4, -0.2) is 29.1 Å². The molecule has 1 rings (SSSR count). The molecule has 7 heteroatoms. The lowest BCUT2D eigenvalue weighted by atomic mass is 10.1. The predicted molar refractivity (Wildman–Crippen MR) is 72.7 cm³/mol. The van der Waals surface area contributed by atoms with Gasteiger partial charge in [0.25, 0.3) is 5.69 Å². The number of carboxylic acids is 1. The van der Waals surface area contributed by atoms with Crippen molar-refractivity contribution in [1.82, 2.24) is 0 Å². The van der Waals surface area contributed by atoms with Crippen LogP contribution >= 0.6 is 0 Å². The second-order valence-corrected chi connectivity index (χ2v) is 4.12. The Morgan fingerprint density at radius 2 is 2.25 bits per heavy atom. The maximum absolute atomic E-state index is 13.6. The second-order valence-electron chi connectivity index (χ2n) is 4.12. The first kappa shape index (κ1) is 15.6. The molecule has 6 nitrogen and oxygen atoms in total. The maximum Gasteiger partial charge on any atom is 0.338 e. The minimum Gasteiger partial charge on any atom is -0.478 e. The maximum atomic E-state index is 13.6. The smallest absolute Gasteiger partial charge is 0.338 e. The Kier molecular flexibility index (Phi) is 5.19. The zero-order chi connectivity index (χ0) is 15.3. The van der Waals surface area contributed by atoms with Crippen LogP contribution < -0.4 is 4.90 Å². The molecular weight excluding hydrogens is 267 g/mol. The van der Waals surface area contributed by atoms with Crippen LogP contribution in [0.4, 0.5) is 15.8 Å². The molecule has 0 unspecified atom stereocenters. The molecule has 0 atom stereocenters. The normalized spacial score (nSPS) is 10.1. The summed E-state index contributed by atoms with van der Waals surface area (Å²) in [5.41, 5.74) is -0.964. The molecule has 0 spiro atoms. The number of rotatable bonds is 7. The van der Waals surface area contributed by atoms with Crippen LogP contribution in [0.5, 0.6) is 0 Å². The van der Waals surface area contributed by atoms with E-state index in [-0.39, 0.29) is 5.69 Å². The van der Waals surface area contributed by atoms with Crippen molar-refractivity contribution in [3.63, 3.8) is 0 Å². The summed E-state index contributed by atoms with van der Waals surface area (Å²) in [7, 11) is 0. The molecule has 108 valence electrons. The van der Waals surface area contributed by atoms with Gasteiger partial charge in [-0.15, -0.1) is 6.58 Å². The number of carboxylic acid groups (broad SMARTS) is 1. The van der Waals surface area contributed by atoms with Gasteiger partial charge >= 0.3 is 5.97 Å². The van der Waals surface area contributed by atoms with Crippen LogP contribution in [0.25, 0.3) is 0 Å². The van der Waals surface area contributed by atoms with Gasteiger partial charge in [0.05, 0.1) is 16.6 Å². The van der Waals surface area contributed by atoms with Crippen LogP contribution in [0.1, 0.15) is 23.7 Å². The monoisotopic (exact) mass is 282 g/mol. The van der Waals surface area contributed by atoms with E-state index < -0.39 is 28.0 Å². The number of halogens is 1. The molecule has 0 aromatic heterocycles. The average Bonchev–Trinajstić information content (AvgIpc) is 2.37. The highest BCUT2D eigenvalue weighted by Gasteiger charge is 2.24. The first-order valence-electron chi connectivity index (χ1n) is 5.99. The van der Waals surface area contributed by atoms with Crippen molar-refractivity contribution in [1.29, 1.82) is 0 Å². The number of aromatic carboxylic acids is 1. The average molecular weight is 282 g/mol. The van der Waals surface area contributed by atoms with Gasteiger partial charge in [0.2, 0.25) is 0 Å². The number of carbonyl (C=O) groups is 1. The van der Waals surface area contributed by atoms with Gasteiger partial charge in [-0.25, -0.2) is 9.18 Å². The Labute approximate surface area is 115 Å². The Morgan fingerprint density at radius 3 is 2.70 bits per heavy atom.